The summed E-state index contributed by atoms with van der Waals surface area (Å²) in [5, 5.41) is 2.68. The van der Waals surface area contributed by atoms with Crippen LogP contribution in [0.1, 0.15) is 30.4 Å². The first-order chi connectivity index (χ1) is 16.5. The Bertz CT molecular complexity index is 1030. The maximum atomic E-state index is 12.6. The van der Waals surface area contributed by atoms with Gasteiger partial charge in [0.25, 0.3) is 0 Å². The maximum Gasteiger partial charge on any atom is 0.312 e. The van der Waals surface area contributed by atoms with E-state index >= 15 is 0 Å². The van der Waals surface area contributed by atoms with E-state index in [-0.39, 0.29) is 6.04 Å². The molecule has 2 aromatic rings. The number of amides is 4. The number of carbonyl (C=O) groups excluding carboxylic acids is 4. The van der Waals surface area contributed by atoms with Gasteiger partial charge >= 0.3 is 23.6 Å². The van der Waals surface area contributed by atoms with Crippen LogP contribution in [0.25, 0.3) is 0 Å². The lowest BCUT2D eigenvalue weighted by atomic mass is 10.0. The molecule has 0 aromatic heterocycles. The van der Waals surface area contributed by atoms with Gasteiger partial charge in [-0.15, -0.1) is 0 Å². The number of piperazine rings is 2. The molecule has 178 valence electrons. The van der Waals surface area contributed by atoms with Gasteiger partial charge in [-0.05, 0) is 30.4 Å². The predicted molar refractivity (Wildman–Crippen MR) is 126 cm³/mol. The summed E-state index contributed by atoms with van der Waals surface area (Å²) in [6.45, 7) is 2.82. The van der Waals surface area contributed by atoms with Crippen molar-refractivity contribution in [3.8, 4) is 0 Å². The molecule has 0 unspecified atom stereocenters. The molecule has 2 aliphatic rings. The zero-order valence-corrected chi connectivity index (χ0v) is 19.2. The van der Waals surface area contributed by atoms with Crippen LogP contribution in [0.4, 0.5) is 0 Å². The predicted octanol–water partition coefficient (Wildman–Crippen LogP) is 1.55. The van der Waals surface area contributed by atoms with Crippen LogP contribution >= 0.6 is 0 Å². The van der Waals surface area contributed by atoms with Crippen molar-refractivity contribution in [1.29, 1.82) is 0 Å². The number of nitrogens with zero attached hydrogens (tertiary/aromatic N) is 3. The molecule has 1 N–H and O–H groups in total. The molecule has 0 saturated carbocycles. The third kappa shape index (κ3) is 5.62. The van der Waals surface area contributed by atoms with Gasteiger partial charge in [-0.25, -0.2) is 0 Å². The lowest BCUT2D eigenvalue weighted by Crippen LogP contribution is -2.57. The number of nitrogens with one attached hydrogen (secondary N) is 1. The minimum atomic E-state index is -0.565. The van der Waals surface area contributed by atoms with Gasteiger partial charge in [-0.1, -0.05) is 60.7 Å². The van der Waals surface area contributed by atoms with Crippen LogP contribution in [0.15, 0.2) is 60.7 Å². The summed E-state index contributed by atoms with van der Waals surface area (Å²) in [5.41, 5.74) is 1.99. The Morgan fingerprint density at radius 2 is 1.29 bits per heavy atom. The van der Waals surface area contributed by atoms with Gasteiger partial charge in [0.15, 0.2) is 0 Å². The summed E-state index contributed by atoms with van der Waals surface area (Å²) in [4.78, 5) is 54.4. The largest absolute Gasteiger partial charge is 0.346 e. The second-order valence-corrected chi connectivity index (χ2v) is 8.78. The molecule has 2 heterocycles. The summed E-state index contributed by atoms with van der Waals surface area (Å²) >= 11 is 0. The molecule has 34 heavy (non-hydrogen) atoms. The van der Waals surface area contributed by atoms with Crippen LogP contribution in [0.2, 0.25) is 0 Å². The summed E-state index contributed by atoms with van der Waals surface area (Å²) in [6, 6.07) is 19.2. The van der Waals surface area contributed by atoms with Crippen molar-refractivity contribution >= 4 is 23.6 Å². The van der Waals surface area contributed by atoms with Crippen molar-refractivity contribution in [2.24, 2.45) is 0 Å². The van der Waals surface area contributed by atoms with Gasteiger partial charge in [-0.2, -0.15) is 0 Å². The van der Waals surface area contributed by atoms with Gasteiger partial charge in [0.05, 0.1) is 0 Å². The number of hydrogen-bond donors (Lipinski definition) is 1. The van der Waals surface area contributed by atoms with Gasteiger partial charge < -0.3 is 20.0 Å². The molecule has 4 amide bonds. The molecule has 2 fully saturated rings. The molecule has 0 spiro atoms. The van der Waals surface area contributed by atoms with E-state index in [0.29, 0.717) is 39.3 Å². The highest BCUT2D eigenvalue weighted by Gasteiger charge is 2.34. The third-order valence-electron chi connectivity index (χ3n) is 6.42. The van der Waals surface area contributed by atoms with Crippen molar-refractivity contribution in [2.75, 3.05) is 26.2 Å². The molecule has 2 saturated heterocycles. The Labute approximate surface area is 199 Å². The Morgan fingerprint density at radius 1 is 0.706 bits per heavy atom. The first-order valence-corrected chi connectivity index (χ1v) is 11.8. The summed E-state index contributed by atoms with van der Waals surface area (Å²) in [7, 11) is 0. The molecule has 0 radical (unpaired) electrons. The highest BCUT2D eigenvalue weighted by atomic mass is 16.2. The third-order valence-corrected chi connectivity index (χ3v) is 6.42. The first kappa shape index (κ1) is 23.5. The van der Waals surface area contributed by atoms with E-state index in [1.807, 2.05) is 60.7 Å². The number of unbranched alkanes of at least 4 members (excludes halogenated alkanes) is 1. The second-order valence-electron chi connectivity index (χ2n) is 8.78. The zero-order valence-electron chi connectivity index (χ0n) is 19.2. The van der Waals surface area contributed by atoms with Gasteiger partial charge in [0.1, 0.15) is 0 Å². The number of benzene rings is 2. The van der Waals surface area contributed by atoms with E-state index in [0.717, 1.165) is 30.4 Å². The van der Waals surface area contributed by atoms with Crippen molar-refractivity contribution in [3.63, 3.8) is 0 Å². The number of rotatable bonds is 9. The zero-order chi connectivity index (χ0) is 23.9. The van der Waals surface area contributed by atoms with E-state index < -0.39 is 23.6 Å². The Kier molecular flexibility index (Phi) is 7.57. The van der Waals surface area contributed by atoms with E-state index in [9.17, 15) is 19.2 Å². The van der Waals surface area contributed by atoms with Crippen molar-refractivity contribution < 1.29 is 19.2 Å². The Balaban J connectivity index is 1.25. The fourth-order valence-electron chi connectivity index (χ4n) is 4.50. The van der Waals surface area contributed by atoms with Crippen LogP contribution in [0, 0.1) is 0 Å². The smallest absolute Gasteiger partial charge is 0.312 e. The summed E-state index contributed by atoms with van der Waals surface area (Å²) < 4.78 is 0. The number of carbonyl (C=O) groups is 4. The second kappa shape index (κ2) is 11.0. The molecule has 8 nitrogen and oxygen atoms in total. The molecule has 1 atom stereocenters. The fraction of sp³-hybridized carbons (Fsp3) is 0.385. The van der Waals surface area contributed by atoms with Crippen LogP contribution in [-0.2, 0) is 32.3 Å². The van der Waals surface area contributed by atoms with Crippen molar-refractivity contribution in [2.45, 2.75) is 38.4 Å². The molecule has 0 bridgehead atoms. The van der Waals surface area contributed by atoms with Crippen molar-refractivity contribution in [1.82, 2.24) is 20.0 Å². The van der Waals surface area contributed by atoms with E-state index in [4.69, 9.17) is 0 Å². The summed E-state index contributed by atoms with van der Waals surface area (Å²) in [5.74, 6) is -1.97. The molecule has 2 aromatic carbocycles. The highest BCUT2D eigenvalue weighted by molar-refractivity contribution is 6.36. The van der Waals surface area contributed by atoms with Crippen molar-refractivity contribution in [3.05, 3.63) is 71.8 Å². The quantitative estimate of drug-likeness (QED) is 0.452. The minimum Gasteiger partial charge on any atom is -0.346 e. The maximum absolute atomic E-state index is 12.6. The lowest BCUT2D eigenvalue weighted by molar-refractivity contribution is -0.156. The Hall–Kier alpha value is -3.68. The van der Waals surface area contributed by atoms with Gasteiger partial charge in [0, 0.05) is 45.3 Å². The van der Waals surface area contributed by atoms with Crippen LogP contribution in [-0.4, -0.2) is 70.5 Å². The van der Waals surface area contributed by atoms with E-state index in [1.165, 1.54) is 0 Å². The average molecular weight is 463 g/mol. The molecule has 0 aliphatic carbocycles. The molecular weight excluding hydrogens is 432 g/mol. The highest BCUT2D eigenvalue weighted by Crippen LogP contribution is 2.17. The lowest BCUT2D eigenvalue weighted by Gasteiger charge is -2.36. The van der Waals surface area contributed by atoms with Crippen LogP contribution < -0.4 is 5.32 Å². The SMILES string of the molecule is O=C1NC[C@@H](CCCCN2CCN(Cc3ccccc3)C(=O)C2=O)N(Cc2ccccc2)C1=O. The molecular formula is C26H30N4O4. The van der Waals surface area contributed by atoms with E-state index in [2.05, 4.69) is 5.32 Å². The molecule has 8 heteroatoms. The minimum absolute atomic E-state index is 0.0922. The van der Waals surface area contributed by atoms with Crippen LogP contribution in [0.3, 0.4) is 0 Å². The first-order valence-electron chi connectivity index (χ1n) is 11.8. The topological polar surface area (TPSA) is 90.0 Å². The molecule has 4 rings (SSSR count). The molecule has 2 aliphatic heterocycles. The van der Waals surface area contributed by atoms with Gasteiger partial charge in [-0.3, -0.25) is 19.2 Å². The monoisotopic (exact) mass is 462 g/mol. The normalized spacial score (nSPS) is 18.9. The van der Waals surface area contributed by atoms with E-state index in [1.54, 1.807) is 14.7 Å². The number of hydrogen-bond acceptors (Lipinski definition) is 4. The standard InChI is InChI=1S/C26H30N4O4/c31-23-24(32)30(19-21-11-5-2-6-12-21)22(17-27-23)13-7-8-14-28-15-16-29(26(34)25(28)33)18-20-9-3-1-4-10-20/h1-6,9-12,22H,7-8,13-19H2,(H,27,31)/t22-/m1/s1. The Morgan fingerprint density at radius 3 is 1.97 bits per heavy atom. The average Bonchev–Trinajstić information content (AvgIpc) is 2.86. The summed E-state index contributed by atoms with van der Waals surface area (Å²) in [6.07, 6.45) is 2.23. The fourth-order valence-corrected chi connectivity index (χ4v) is 4.50. The van der Waals surface area contributed by atoms with Crippen LogP contribution in [0.5, 0.6) is 0 Å². The van der Waals surface area contributed by atoms with Gasteiger partial charge in [0.2, 0.25) is 0 Å².